The number of nitrogens with two attached hydrogens (primary N) is 1. The van der Waals surface area contributed by atoms with Crippen molar-refractivity contribution in [1.82, 2.24) is 9.97 Å². The lowest BCUT2D eigenvalue weighted by Gasteiger charge is -2.06. The van der Waals surface area contributed by atoms with Crippen LogP contribution in [0.25, 0.3) is 0 Å². The average molecular weight is 270 g/mol. The molecule has 0 unspecified atom stereocenters. The van der Waals surface area contributed by atoms with Crippen LogP contribution in [-0.4, -0.2) is 18.4 Å². The predicted molar refractivity (Wildman–Crippen MR) is 66.3 cm³/mol. The fraction of sp³-hybridized carbons (Fsp3) is 0.111. The van der Waals surface area contributed by atoms with Gasteiger partial charge in [0.1, 0.15) is 4.90 Å². The molecule has 0 spiro atoms. The van der Waals surface area contributed by atoms with Gasteiger partial charge in [0, 0.05) is 17.8 Å². The molecule has 0 radical (unpaired) electrons. The molecule has 2 aromatic rings. The molecule has 8 heteroatoms. The molecule has 90 valence electrons. The monoisotopic (exact) mass is 270 g/mol. The highest BCUT2D eigenvalue weighted by Crippen LogP contribution is 2.22. The van der Waals surface area contributed by atoms with Gasteiger partial charge in [-0.15, -0.1) is 11.3 Å². The van der Waals surface area contributed by atoms with Crippen LogP contribution in [0.1, 0.15) is 5.69 Å². The van der Waals surface area contributed by atoms with Crippen molar-refractivity contribution in [2.45, 2.75) is 11.8 Å². The first-order valence-corrected chi connectivity index (χ1v) is 7.00. The van der Waals surface area contributed by atoms with Crippen LogP contribution in [0.4, 0.5) is 10.8 Å². The van der Waals surface area contributed by atoms with E-state index in [9.17, 15) is 8.42 Å². The van der Waals surface area contributed by atoms with Gasteiger partial charge in [0.15, 0.2) is 5.13 Å². The second kappa shape index (κ2) is 4.30. The number of rotatable bonds is 3. The van der Waals surface area contributed by atoms with Crippen molar-refractivity contribution in [3.63, 3.8) is 0 Å². The molecule has 0 aliphatic rings. The SMILES string of the molecule is Cc1csc(NS(=O)(=O)c2cnccc2N)n1. The van der Waals surface area contributed by atoms with E-state index in [1.54, 1.807) is 12.3 Å². The Hall–Kier alpha value is -1.67. The fourth-order valence-electron chi connectivity index (χ4n) is 1.19. The molecule has 3 N–H and O–H groups in total. The van der Waals surface area contributed by atoms with Gasteiger partial charge in [0.25, 0.3) is 10.0 Å². The van der Waals surface area contributed by atoms with Gasteiger partial charge < -0.3 is 5.73 Å². The second-order valence-corrected chi connectivity index (χ2v) is 5.82. The number of hydrogen-bond donors (Lipinski definition) is 2. The lowest BCUT2D eigenvalue weighted by atomic mass is 10.4. The molecule has 17 heavy (non-hydrogen) atoms. The number of nitrogen functional groups attached to an aromatic ring is 1. The summed E-state index contributed by atoms with van der Waals surface area (Å²) in [6.45, 7) is 1.78. The average Bonchev–Trinajstić information content (AvgIpc) is 2.63. The zero-order chi connectivity index (χ0) is 12.5. The zero-order valence-electron chi connectivity index (χ0n) is 8.91. The maximum atomic E-state index is 12.0. The van der Waals surface area contributed by atoms with E-state index in [0.29, 0.717) is 5.13 Å². The predicted octanol–water partition coefficient (Wildman–Crippen LogP) is 1.23. The van der Waals surface area contributed by atoms with Crippen molar-refractivity contribution in [3.8, 4) is 0 Å². The molecular formula is C9H10N4O2S2. The minimum absolute atomic E-state index is 0.0483. The number of aromatic nitrogens is 2. The van der Waals surface area contributed by atoms with Gasteiger partial charge >= 0.3 is 0 Å². The quantitative estimate of drug-likeness (QED) is 0.874. The summed E-state index contributed by atoms with van der Waals surface area (Å²) in [6.07, 6.45) is 2.64. The summed E-state index contributed by atoms with van der Waals surface area (Å²) in [6, 6.07) is 1.43. The van der Waals surface area contributed by atoms with Crippen molar-refractivity contribution < 1.29 is 8.42 Å². The number of pyridine rings is 1. The van der Waals surface area contributed by atoms with Crippen LogP contribution < -0.4 is 10.5 Å². The normalized spacial score (nSPS) is 11.4. The first-order valence-electron chi connectivity index (χ1n) is 4.63. The molecule has 2 aromatic heterocycles. The first-order chi connectivity index (χ1) is 7.99. The number of thiazole rings is 1. The Bertz CT molecular complexity index is 636. The highest BCUT2D eigenvalue weighted by Gasteiger charge is 2.18. The molecule has 0 amide bonds. The van der Waals surface area contributed by atoms with E-state index in [1.807, 2.05) is 0 Å². The second-order valence-electron chi connectivity index (χ2n) is 3.31. The van der Waals surface area contributed by atoms with Gasteiger partial charge in [-0.05, 0) is 13.0 Å². The van der Waals surface area contributed by atoms with Crippen LogP contribution in [0.5, 0.6) is 0 Å². The van der Waals surface area contributed by atoms with Gasteiger partial charge in [0.05, 0.1) is 11.4 Å². The number of aryl methyl sites for hydroxylation is 1. The topological polar surface area (TPSA) is 98.0 Å². The molecule has 0 atom stereocenters. The van der Waals surface area contributed by atoms with Crippen molar-refractivity contribution in [2.75, 3.05) is 10.5 Å². The van der Waals surface area contributed by atoms with E-state index in [4.69, 9.17) is 5.73 Å². The third kappa shape index (κ3) is 2.53. The zero-order valence-corrected chi connectivity index (χ0v) is 10.5. The van der Waals surface area contributed by atoms with Gasteiger partial charge in [-0.1, -0.05) is 0 Å². The Morgan fingerprint density at radius 1 is 1.47 bits per heavy atom. The van der Waals surface area contributed by atoms with Crippen molar-refractivity contribution in [2.24, 2.45) is 0 Å². The summed E-state index contributed by atoms with van der Waals surface area (Å²) < 4.78 is 26.3. The molecule has 0 aromatic carbocycles. The first kappa shape index (κ1) is 11.8. The number of hydrogen-bond acceptors (Lipinski definition) is 6. The Labute approximate surface area is 103 Å². The van der Waals surface area contributed by atoms with E-state index < -0.39 is 10.0 Å². The lowest BCUT2D eigenvalue weighted by molar-refractivity contribution is 0.601. The van der Waals surface area contributed by atoms with Crippen LogP contribution >= 0.6 is 11.3 Å². The summed E-state index contributed by atoms with van der Waals surface area (Å²) >= 11 is 1.21. The molecule has 0 saturated carbocycles. The minimum Gasteiger partial charge on any atom is -0.398 e. The molecule has 0 fully saturated rings. The van der Waals surface area contributed by atoms with Crippen LogP contribution in [0.2, 0.25) is 0 Å². The van der Waals surface area contributed by atoms with Crippen molar-refractivity contribution in [1.29, 1.82) is 0 Å². The maximum absolute atomic E-state index is 12.0. The summed E-state index contributed by atoms with van der Waals surface area (Å²) in [5.74, 6) is 0. The van der Waals surface area contributed by atoms with Crippen LogP contribution in [0, 0.1) is 6.92 Å². The molecule has 2 rings (SSSR count). The highest BCUT2D eigenvalue weighted by molar-refractivity contribution is 7.93. The van der Waals surface area contributed by atoms with Crippen LogP contribution in [0.15, 0.2) is 28.7 Å². The summed E-state index contributed by atoms with van der Waals surface area (Å²) in [5, 5.41) is 2.07. The molecule has 0 bridgehead atoms. The van der Waals surface area contributed by atoms with E-state index in [2.05, 4.69) is 14.7 Å². The maximum Gasteiger partial charge on any atom is 0.267 e. The smallest absolute Gasteiger partial charge is 0.267 e. The summed E-state index contributed by atoms with van der Waals surface area (Å²) in [7, 11) is -3.72. The number of nitrogens with zero attached hydrogens (tertiary/aromatic N) is 2. The Morgan fingerprint density at radius 2 is 2.24 bits per heavy atom. The number of nitrogens with one attached hydrogen (secondary N) is 1. The Kier molecular flexibility index (Phi) is 2.99. The van der Waals surface area contributed by atoms with E-state index >= 15 is 0 Å². The third-order valence-electron chi connectivity index (χ3n) is 1.95. The number of sulfonamides is 1. The molecule has 0 saturated heterocycles. The van der Waals surface area contributed by atoms with Gasteiger partial charge in [-0.25, -0.2) is 13.4 Å². The van der Waals surface area contributed by atoms with E-state index in [-0.39, 0.29) is 10.6 Å². The van der Waals surface area contributed by atoms with Gasteiger partial charge in [0.2, 0.25) is 0 Å². The van der Waals surface area contributed by atoms with Crippen molar-refractivity contribution in [3.05, 3.63) is 29.5 Å². The lowest BCUT2D eigenvalue weighted by Crippen LogP contribution is -2.14. The third-order valence-corrected chi connectivity index (χ3v) is 4.33. The van der Waals surface area contributed by atoms with Gasteiger partial charge in [-0.2, -0.15) is 0 Å². The molecular weight excluding hydrogens is 260 g/mol. The minimum atomic E-state index is -3.72. The summed E-state index contributed by atoms with van der Waals surface area (Å²) in [4.78, 5) is 7.71. The van der Waals surface area contributed by atoms with E-state index in [1.165, 1.54) is 29.8 Å². The molecule has 0 aliphatic heterocycles. The fourth-order valence-corrected chi connectivity index (χ4v) is 3.20. The van der Waals surface area contributed by atoms with Crippen molar-refractivity contribution >= 4 is 32.2 Å². The number of anilines is 2. The molecule has 6 nitrogen and oxygen atoms in total. The summed E-state index contributed by atoms with van der Waals surface area (Å²) in [5.41, 5.74) is 6.50. The Morgan fingerprint density at radius 3 is 2.82 bits per heavy atom. The van der Waals surface area contributed by atoms with Crippen LogP contribution in [0.3, 0.4) is 0 Å². The Balaban J connectivity index is 2.35. The van der Waals surface area contributed by atoms with Gasteiger partial charge in [-0.3, -0.25) is 9.71 Å². The van der Waals surface area contributed by atoms with Crippen LogP contribution in [-0.2, 0) is 10.0 Å². The largest absolute Gasteiger partial charge is 0.398 e. The molecule has 0 aliphatic carbocycles. The van der Waals surface area contributed by atoms with E-state index in [0.717, 1.165) is 5.69 Å². The standard InChI is InChI=1S/C9H10N4O2S2/c1-6-5-16-9(12-6)13-17(14,15)8-4-11-3-2-7(8)10/h2-5H,1H3,(H2,10,11)(H,12,13). The highest BCUT2D eigenvalue weighted by atomic mass is 32.2. The molecule has 2 heterocycles.